The highest BCUT2D eigenvalue weighted by Gasteiger charge is 2.13. The van der Waals surface area contributed by atoms with Crippen LogP contribution in [-0.4, -0.2) is 36.7 Å². The Morgan fingerprint density at radius 1 is 1.31 bits per heavy atom. The van der Waals surface area contributed by atoms with Crippen molar-refractivity contribution in [2.75, 3.05) is 13.4 Å². The van der Waals surface area contributed by atoms with Crippen LogP contribution in [-0.2, 0) is 9.84 Å². The highest BCUT2D eigenvalue weighted by molar-refractivity contribution is 7.90. The van der Waals surface area contributed by atoms with Crippen LogP contribution in [0, 0.1) is 0 Å². The summed E-state index contributed by atoms with van der Waals surface area (Å²) in [6.07, 6.45) is 3.96. The SMILES string of the molecule is COc1nccc2nc(S(C)(=O)=O)ncc12. The standard InChI is InChI=1S/C9H9N3O3S/c1-15-8-6-5-11-9(16(2,13)14)12-7(6)3-4-10-8/h3-5H,1-2H3. The zero-order valence-corrected chi connectivity index (χ0v) is 9.52. The Labute approximate surface area is 92.2 Å². The van der Waals surface area contributed by atoms with Crippen LogP contribution in [0.2, 0.25) is 0 Å². The van der Waals surface area contributed by atoms with E-state index < -0.39 is 9.84 Å². The van der Waals surface area contributed by atoms with E-state index in [-0.39, 0.29) is 5.16 Å². The second-order valence-electron chi connectivity index (χ2n) is 3.18. The summed E-state index contributed by atoms with van der Waals surface area (Å²) in [6, 6.07) is 1.61. The fourth-order valence-corrected chi connectivity index (χ4v) is 1.76. The van der Waals surface area contributed by atoms with E-state index in [0.717, 1.165) is 6.26 Å². The third kappa shape index (κ3) is 1.81. The van der Waals surface area contributed by atoms with E-state index in [4.69, 9.17) is 4.74 Å². The highest BCUT2D eigenvalue weighted by Crippen LogP contribution is 2.20. The maximum absolute atomic E-state index is 11.3. The number of rotatable bonds is 2. The zero-order chi connectivity index (χ0) is 11.8. The van der Waals surface area contributed by atoms with E-state index in [0.29, 0.717) is 16.8 Å². The molecule has 84 valence electrons. The summed E-state index contributed by atoms with van der Waals surface area (Å²) in [7, 11) is -1.92. The van der Waals surface area contributed by atoms with Crippen molar-refractivity contribution in [2.24, 2.45) is 0 Å². The molecule has 7 heteroatoms. The van der Waals surface area contributed by atoms with Gasteiger partial charge >= 0.3 is 0 Å². The Kier molecular flexibility index (Phi) is 2.47. The molecule has 6 nitrogen and oxygen atoms in total. The Hall–Kier alpha value is -1.76. The molecule has 0 unspecified atom stereocenters. The van der Waals surface area contributed by atoms with Crippen molar-refractivity contribution in [1.82, 2.24) is 15.0 Å². The number of ether oxygens (including phenoxy) is 1. The van der Waals surface area contributed by atoms with E-state index in [1.54, 1.807) is 6.07 Å². The van der Waals surface area contributed by atoms with Gasteiger partial charge in [0.2, 0.25) is 20.9 Å². The first-order chi connectivity index (χ1) is 7.52. The smallest absolute Gasteiger partial charge is 0.247 e. The summed E-state index contributed by atoms with van der Waals surface area (Å²) >= 11 is 0. The van der Waals surface area contributed by atoms with E-state index in [1.165, 1.54) is 19.5 Å². The molecule has 0 N–H and O–H groups in total. The summed E-state index contributed by atoms with van der Waals surface area (Å²) in [4.78, 5) is 11.7. The van der Waals surface area contributed by atoms with Gasteiger partial charge in [0, 0.05) is 18.6 Å². The quantitative estimate of drug-likeness (QED) is 0.707. The Morgan fingerprint density at radius 2 is 2.06 bits per heavy atom. The van der Waals surface area contributed by atoms with E-state index >= 15 is 0 Å². The monoisotopic (exact) mass is 239 g/mol. The fraction of sp³-hybridized carbons (Fsp3) is 0.222. The number of fused-ring (bicyclic) bond motifs is 1. The highest BCUT2D eigenvalue weighted by atomic mass is 32.2. The van der Waals surface area contributed by atoms with Crippen molar-refractivity contribution in [2.45, 2.75) is 5.16 Å². The van der Waals surface area contributed by atoms with Gasteiger partial charge in [0.05, 0.1) is 18.0 Å². The van der Waals surface area contributed by atoms with Crippen molar-refractivity contribution in [1.29, 1.82) is 0 Å². The van der Waals surface area contributed by atoms with Gasteiger partial charge in [-0.1, -0.05) is 0 Å². The molecule has 16 heavy (non-hydrogen) atoms. The van der Waals surface area contributed by atoms with Crippen molar-refractivity contribution < 1.29 is 13.2 Å². The van der Waals surface area contributed by atoms with E-state index in [9.17, 15) is 8.42 Å². The topological polar surface area (TPSA) is 82.0 Å². The maximum atomic E-state index is 11.3. The van der Waals surface area contributed by atoms with Crippen LogP contribution in [0.25, 0.3) is 10.9 Å². The number of aromatic nitrogens is 3. The number of pyridine rings is 1. The molecule has 2 aromatic heterocycles. The van der Waals surface area contributed by atoms with Crippen LogP contribution in [0.5, 0.6) is 5.88 Å². The number of hydrogen-bond acceptors (Lipinski definition) is 6. The van der Waals surface area contributed by atoms with Crippen LogP contribution in [0.1, 0.15) is 0 Å². The Balaban J connectivity index is 2.74. The molecule has 2 aromatic rings. The number of methoxy groups -OCH3 is 1. The molecule has 0 aliphatic heterocycles. The molecule has 0 amide bonds. The molecule has 2 rings (SSSR count). The third-order valence-corrected chi connectivity index (χ3v) is 2.84. The predicted molar refractivity (Wildman–Crippen MR) is 57.0 cm³/mol. The zero-order valence-electron chi connectivity index (χ0n) is 8.71. The lowest BCUT2D eigenvalue weighted by molar-refractivity contribution is 0.403. The minimum Gasteiger partial charge on any atom is -0.480 e. The van der Waals surface area contributed by atoms with Gasteiger partial charge in [-0.3, -0.25) is 0 Å². The molecule has 0 atom stereocenters. The van der Waals surface area contributed by atoms with Gasteiger partial charge in [0.15, 0.2) is 0 Å². The molecule has 0 bridgehead atoms. The second-order valence-corrected chi connectivity index (χ2v) is 5.09. The first-order valence-corrected chi connectivity index (χ1v) is 6.27. The van der Waals surface area contributed by atoms with Crippen LogP contribution < -0.4 is 4.74 Å². The van der Waals surface area contributed by atoms with Crippen LogP contribution in [0.15, 0.2) is 23.6 Å². The largest absolute Gasteiger partial charge is 0.480 e. The van der Waals surface area contributed by atoms with Crippen LogP contribution >= 0.6 is 0 Å². The van der Waals surface area contributed by atoms with Crippen molar-refractivity contribution in [3.63, 3.8) is 0 Å². The Morgan fingerprint density at radius 3 is 2.69 bits per heavy atom. The van der Waals surface area contributed by atoms with Gasteiger partial charge in [-0.25, -0.2) is 23.4 Å². The molecule has 0 saturated heterocycles. The lowest BCUT2D eigenvalue weighted by atomic mass is 10.3. The minimum atomic E-state index is -3.40. The minimum absolute atomic E-state index is 0.201. The second kappa shape index (κ2) is 3.67. The van der Waals surface area contributed by atoms with Crippen molar-refractivity contribution in [3.8, 4) is 5.88 Å². The van der Waals surface area contributed by atoms with Gasteiger partial charge < -0.3 is 4.74 Å². The fourth-order valence-electron chi connectivity index (χ4n) is 1.26. The maximum Gasteiger partial charge on any atom is 0.247 e. The lowest BCUT2D eigenvalue weighted by Gasteiger charge is -2.03. The lowest BCUT2D eigenvalue weighted by Crippen LogP contribution is -2.04. The summed E-state index contributed by atoms with van der Waals surface area (Å²) < 4.78 is 27.5. The average molecular weight is 239 g/mol. The van der Waals surface area contributed by atoms with E-state index in [2.05, 4.69) is 15.0 Å². The molecule has 0 fully saturated rings. The third-order valence-electron chi connectivity index (χ3n) is 1.98. The molecule has 0 saturated carbocycles. The summed E-state index contributed by atoms with van der Waals surface area (Å²) in [5.74, 6) is 0.373. The molecule has 2 heterocycles. The van der Waals surface area contributed by atoms with Crippen LogP contribution in [0.3, 0.4) is 0 Å². The number of hydrogen-bond donors (Lipinski definition) is 0. The summed E-state index contributed by atoms with van der Waals surface area (Å²) in [5.41, 5.74) is 0.488. The van der Waals surface area contributed by atoms with Crippen molar-refractivity contribution in [3.05, 3.63) is 18.5 Å². The first kappa shape index (κ1) is 10.7. The molecule has 0 radical (unpaired) electrons. The molecule has 0 spiro atoms. The van der Waals surface area contributed by atoms with Gasteiger partial charge in [-0.15, -0.1) is 0 Å². The molecular weight excluding hydrogens is 230 g/mol. The molecule has 0 aliphatic rings. The van der Waals surface area contributed by atoms with Gasteiger partial charge in [0.1, 0.15) is 0 Å². The summed E-state index contributed by atoms with van der Waals surface area (Å²) in [6.45, 7) is 0. The molecular formula is C9H9N3O3S. The Bertz CT molecular complexity index is 639. The normalized spacial score (nSPS) is 11.6. The predicted octanol–water partition coefficient (Wildman–Crippen LogP) is 0.437. The molecule has 0 aliphatic carbocycles. The van der Waals surface area contributed by atoms with Gasteiger partial charge in [-0.05, 0) is 6.07 Å². The van der Waals surface area contributed by atoms with Gasteiger partial charge in [-0.2, -0.15) is 0 Å². The van der Waals surface area contributed by atoms with Crippen molar-refractivity contribution >= 4 is 20.7 Å². The van der Waals surface area contributed by atoms with E-state index in [1.807, 2.05) is 0 Å². The van der Waals surface area contributed by atoms with Gasteiger partial charge in [0.25, 0.3) is 0 Å². The number of sulfone groups is 1. The molecule has 0 aromatic carbocycles. The summed E-state index contributed by atoms with van der Waals surface area (Å²) in [5, 5.41) is 0.380. The number of nitrogens with zero attached hydrogens (tertiary/aromatic N) is 3. The van der Waals surface area contributed by atoms with Crippen LogP contribution in [0.4, 0.5) is 0 Å². The first-order valence-electron chi connectivity index (χ1n) is 4.38. The average Bonchev–Trinajstić information content (AvgIpc) is 2.26.